The molecule has 8 aromatic carbocycles. The normalized spacial score (nSPS) is 12.1. The molecule has 0 aliphatic carbocycles. The van der Waals surface area contributed by atoms with E-state index in [1.54, 1.807) is 22.7 Å². The van der Waals surface area contributed by atoms with Crippen LogP contribution in [0.4, 0.5) is 17.1 Å². The topological polar surface area (TPSA) is 3.24 Å². The second-order valence-corrected chi connectivity index (χ2v) is 14.7. The zero-order chi connectivity index (χ0) is 35.5. The van der Waals surface area contributed by atoms with E-state index in [1.165, 1.54) is 42.1 Å². The SMILES string of the molecule is [2H]c1cc(-c2ccccc2)c(-c2cccc3c2sc2c(-c4ccccc4)cccc23)c([2H])c1N(c1ccccc1)c1cccc2c1sc1ccccc12. The van der Waals surface area contributed by atoms with Crippen molar-refractivity contribution in [2.45, 2.75) is 0 Å². The molecule has 0 atom stereocenters. The van der Waals surface area contributed by atoms with Gasteiger partial charge in [0.25, 0.3) is 0 Å². The zero-order valence-electron chi connectivity index (χ0n) is 29.5. The molecule has 0 aliphatic heterocycles. The lowest BCUT2D eigenvalue weighted by Gasteiger charge is -2.27. The molecule has 2 heterocycles. The summed E-state index contributed by atoms with van der Waals surface area (Å²) in [5.41, 5.74) is 8.51. The first-order valence-corrected chi connectivity index (χ1v) is 18.7. The van der Waals surface area contributed by atoms with E-state index in [2.05, 4.69) is 138 Å². The molecule has 1 nitrogen and oxygen atoms in total. The van der Waals surface area contributed by atoms with Crippen LogP contribution in [0.3, 0.4) is 0 Å². The van der Waals surface area contributed by atoms with E-state index in [9.17, 15) is 2.74 Å². The first-order chi connectivity index (χ1) is 26.2. The van der Waals surface area contributed by atoms with Gasteiger partial charge >= 0.3 is 0 Å². The highest BCUT2D eigenvalue weighted by atomic mass is 32.1. The number of hydrogen-bond acceptors (Lipinski definition) is 3. The van der Waals surface area contributed by atoms with Crippen molar-refractivity contribution in [1.82, 2.24) is 0 Å². The molecule has 3 heteroatoms. The van der Waals surface area contributed by atoms with Crippen molar-refractivity contribution in [3.05, 3.63) is 188 Å². The number of hydrogen-bond donors (Lipinski definition) is 0. The summed E-state index contributed by atoms with van der Waals surface area (Å²) in [6, 6.07) is 61.6. The lowest BCUT2D eigenvalue weighted by atomic mass is 9.92. The van der Waals surface area contributed by atoms with Gasteiger partial charge in [0.2, 0.25) is 0 Å². The number of thiophene rings is 2. The van der Waals surface area contributed by atoms with Gasteiger partial charge < -0.3 is 4.90 Å². The summed E-state index contributed by atoms with van der Waals surface area (Å²) in [5.74, 6) is 0. The maximum Gasteiger partial charge on any atom is 0.0652 e. The van der Waals surface area contributed by atoms with Crippen molar-refractivity contribution < 1.29 is 2.74 Å². The van der Waals surface area contributed by atoms with Gasteiger partial charge in [-0.05, 0) is 64.2 Å². The van der Waals surface area contributed by atoms with Gasteiger partial charge in [0.1, 0.15) is 0 Å². The Hall–Kier alpha value is -6.00. The second-order valence-electron chi connectivity index (χ2n) is 12.7. The van der Waals surface area contributed by atoms with E-state index in [0.29, 0.717) is 17.8 Å². The maximum atomic E-state index is 10.3. The fourth-order valence-electron chi connectivity index (χ4n) is 7.35. The van der Waals surface area contributed by atoms with Gasteiger partial charge in [-0.3, -0.25) is 0 Å². The van der Waals surface area contributed by atoms with E-state index in [4.69, 9.17) is 0 Å². The van der Waals surface area contributed by atoms with E-state index < -0.39 is 0 Å². The lowest BCUT2D eigenvalue weighted by Crippen LogP contribution is -2.10. The standard InChI is InChI=1S/C48H31NS2/c1-4-15-32(16-5-1)36-30-29-35(49(34-19-8-3-9-20-34)44-27-14-26-39-38-21-10-11-28-45(38)50-48(39)44)31-43(36)42-25-13-24-41-40-23-12-22-37(46(40)51-47(41)42)33-17-6-2-7-18-33/h1-31H/i29D,31D. The average molecular weight is 688 g/mol. The predicted molar refractivity (Wildman–Crippen MR) is 223 cm³/mol. The highest BCUT2D eigenvalue weighted by molar-refractivity contribution is 7.27. The Morgan fingerprint density at radius 1 is 0.373 bits per heavy atom. The fourth-order valence-corrected chi connectivity index (χ4v) is 9.91. The van der Waals surface area contributed by atoms with Gasteiger partial charge in [-0.15, -0.1) is 22.7 Å². The van der Waals surface area contributed by atoms with Gasteiger partial charge in [-0.25, -0.2) is 0 Å². The Labute approximate surface area is 307 Å². The summed E-state index contributed by atoms with van der Waals surface area (Å²) in [6.07, 6.45) is 0. The van der Waals surface area contributed by atoms with Gasteiger partial charge in [0, 0.05) is 52.6 Å². The van der Waals surface area contributed by atoms with Crippen LogP contribution in [0.1, 0.15) is 2.74 Å². The number of anilines is 3. The third-order valence-corrected chi connectivity index (χ3v) is 12.2. The molecule has 0 saturated heterocycles. The fraction of sp³-hybridized carbons (Fsp3) is 0. The highest BCUT2D eigenvalue weighted by Gasteiger charge is 2.21. The number of nitrogens with zero attached hydrogens (tertiary/aromatic N) is 1. The van der Waals surface area contributed by atoms with Gasteiger partial charge in [-0.2, -0.15) is 0 Å². The molecule has 0 fully saturated rings. The predicted octanol–water partition coefficient (Wildman–Crippen LogP) is 14.9. The smallest absolute Gasteiger partial charge is 0.0652 e. The number of para-hydroxylation sites is 1. The maximum absolute atomic E-state index is 10.3. The Morgan fingerprint density at radius 2 is 0.922 bits per heavy atom. The molecule has 0 N–H and O–H groups in total. The third kappa shape index (κ3) is 5.05. The first-order valence-electron chi connectivity index (χ1n) is 18.1. The van der Waals surface area contributed by atoms with Crippen molar-refractivity contribution in [2.75, 3.05) is 4.90 Å². The molecule has 0 amide bonds. The summed E-state index contributed by atoms with van der Waals surface area (Å²) in [6.45, 7) is 0. The van der Waals surface area contributed by atoms with E-state index in [0.717, 1.165) is 43.0 Å². The van der Waals surface area contributed by atoms with Crippen LogP contribution < -0.4 is 4.90 Å². The van der Waals surface area contributed by atoms with Crippen molar-refractivity contribution in [3.8, 4) is 33.4 Å². The van der Waals surface area contributed by atoms with Crippen molar-refractivity contribution in [1.29, 1.82) is 0 Å². The molecule has 240 valence electrons. The van der Waals surface area contributed by atoms with Crippen LogP contribution in [-0.4, -0.2) is 0 Å². The van der Waals surface area contributed by atoms with Crippen LogP contribution in [0.15, 0.2) is 188 Å². The van der Waals surface area contributed by atoms with Gasteiger partial charge in [0.05, 0.1) is 13.1 Å². The van der Waals surface area contributed by atoms with Crippen LogP contribution in [0.2, 0.25) is 0 Å². The molecular formula is C48H31NS2. The largest absolute Gasteiger partial charge is 0.309 e. The summed E-state index contributed by atoms with van der Waals surface area (Å²) < 4.78 is 24.7. The van der Waals surface area contributed by atoms with Gasteiger partial charge in [0.15, 0.2) is 0 Å². The lowest BCUT2D eigenvalue weighted by molar-refractivity contribution is 1.30. The quantitative estimate of drug-likeness (QED) is 0.168. The zero-order valence-corrected chi connectivity index (χ0v) is 29.1. The molecule has 2 aromatic heterocycles. The average Bonchev–Trinajstić information content (AvgIpc) is 3.80. The molecule has 10 rings (SSSR count). The minimum atomic E-state index is 0.300. The Morgan fingerprint density at radius 3 is 1.65 bits per heavy atom. The van der Waals surface area contributed by atoms with Crippen LogP contribution in [0.5, 0.6) is 0 Å². The molecule has 0 bridgehead atoms. The van der Waals surface area contributed by atoms with Crippen molar-refractivity contribution in [3.63, 3.8) is 0 Å². The minimum Gasteiger partial charge on any atom is -0.309 e. The van der Waals surface area contributed by atoms with Crippen molar-refractivity contribution >= 4 is 80.1 Å². The van der Waals surface area contributed by atoms with E-state index >= 15 is 0 Å². The number of rotatable bonds is 6. The van der Waals surface area contributed by atoms with Crippen LogP contribution in [0.25, 0.3) is 73.7 Å². The minimum absolute atomic E-state index is 0.300. The molecule has 51 heavy (non-hydrogen) atoms. The molecule has 0 aliphatic rings. The Kier molecular flexibility index (Phi) is 6.75. The summed E-state index contributed by atoms with van der Waals surface area (Å²) in [4.78, 5) is 2.14. The molecule has 0 saturated carbocycles. The summed E-state index contributed by atoms with van der Waals surface area (Å²) >= 11 is 3.55. The second kappa shape index (κ2) is 12.4. The number of benzene rings is 8. The van der Waals surface area contributed by atoms with Gasteiger partial charge in [-0.1, -0.05) is 152 Å². The monoisotopic (exact) mass is 687 g/mol. The molecule has 0 radical (unpaired) electrons. The molecular weight excluding hydrogens is 655 g/mol. The molecule has 0 spiro atoms. The van der Waals surface area contributed by atoms with E-state index in [-0.39, 0.29) is 0 Å². The van der Waals surface area contributed by atoms with Crippen LogP contribution in [-0.2, 0) is 0 Å². The Balaban J connectivity index is 1.29. The highest BCUT2D eigenvalue weighted by Crippen LogP contribution is 2.49. The van der Waals surface area contributed by atoms with Crippen LogP contribution >= 0.6 is 22.7 Å². The van der Waals surface area contributed by atoms with E-state index in [1.807, 2.05) is 42.5 Å². The Bertz CT molecular complexity index is 2970. The summed E-state index contributed by atoms with van der Waals surface area (Å²) in [5, 5.41) is 4.77. The first kappa shape index (κ1) is 27.8. The van der Waals surface area contributed by atoms with Crippen molar-refractivity contribution in [2.24, 2.45) is 0 Å². The third-order valence-electron chi connectivity index (χ3n) is 9.69. The molecule has 10 aromatic rings. The molecule has 0 unspecified atom stereocenters. The number of fused-ring (bicyclic) bond motifs is 6. The van der Waals surface area contributed by atoms with Crippen LogP contribution in [0, 0.1) is 0 Å². The summed E-state index contributed by atoms with van der Waals surface area (Å²) in [7, 11) is 0.